The number of hydrogen-bond donors (Lipinski definition) is 0. The molecule has 158 valence electrons. The summed E-state index contributed by atoms with van der Waals surface area (Å²) in [6, 6.07) is 4.49. The van der Waals surface area contributed by atoms with Crippen molar-refractivity contribution >= 4 is 33.5 Å². The van der Waals surface area contributed by atoms with Crippen molar-refractivity contribution in [1.29, 1.82) is 0 Å². The summed E-state index contributed by atoms with van der Waals surface area (Å²) in [4.78, 5) is 25.8. The molecule has 0 atom stereocenters. The van der Waals surface area contributed by atoms with Crippen LogP contribution in [0, 0.1) is 17.0 Å². The standard InChI is InChI=1S/C17H21N3O7S2.Na/c1-12-4-5-14(15(10-12)20(22)23)19-16(21)13(11-28-8-9-29(24,25)26)17(27-19)18-6-2-3-7-18;/h4-5,10H,2-3,6-9,11H2,1H3,(H,24,25,26);/q;+1/p-1. The molecule has 2 aromatic rings. The zero-order valence-corrected chi connectivity index (χ0v) is 20.3. The van der Waals surface area contributed by atoms with E-state index in [1.54, 1.807) is 13.0 Å². The number of nitrogens with zero attached hydrogens (tertiary/aromatic N) is 3. The number of anilines is 1. The topological polar surface area (TPSA) is 139 Å². The minimum absolute atomic E-state index is 0. The van der Waals surface area contributed by atoms with Gasteiger partial charge in [0.15, 0.2) is 5.69 Å². The number of thioether (sulfide) groups is 1. The van der Waals surface area contributed by atoms with Crippen LogP contribution in [0.3, 0.4) is 0 Å². The first-order chi connectivity index (χ1) is 13.7. The van der Waals surface area contributed by atoms with Crippen molar-refractivity contribution < 1.29 is 52.0 Å². The van der Waals surface area contributed by atoms with E-state index >= 15 is 0 Å². The number of nitro groups is 1. The minimum atomic E-state index is -4.33. The summed E-state index contributed by atoms with van der Waals surface area (Å²) in [5.41, 5.74) is 0.232. The first-order valence-electron chi connectivity index (χ1n) is 8.94. The second-order valence-electron chi connectivity index (χ2n) is 6.73. The van der Waals surface area contributed by atoms with Gasteiger partial charge in [0.25, 0.3) is 11.2 Å². The van der Waals surface area contributed by atoms with Crippen molar-refractivity contribution in [2.75, 3.05) is 29.5 Å². The normalized spacial score (nSPS) is 14.0. The molecular formula is C17H20N3NaO7S2. The summed E-state index contributed by atoms with van der Waals surface area (Å²) in [6.45, 7) is 3.09. The van der Waals surface area contributed by atoms with Gasteiger partial charge in [-0.15, -0.1) is 4.74 Å². The SMILES string of the molecule is Cc1ccc(-n2oc(N3CCCC3)c(CSCCS(=O)(=O)[O-])c2=O)c([N+](=O)[O-])c1.[Na+]. The average Bonchev–Trinajstić information content (AvgIpc) is 3.26. The maximum absolute atomic E-state index is 13.0. The van der Waals surface area contributed by atoms with Gasteiger partial charge in [-0.3, -0.25) is 14.9 Å². The summed E-state index contributed by atoms with van der Waals surface area (Å²) in [5, 5.41) is 11.5. The quantitative estimate of drug-likeness (QED) is 0.158. The largest absolute Gasteiger partial charge is 1.00 e. The van der Waals surface area contributed by atoms with Crippen LogP contribution in [-0.2, 0) is 15.9 Å². The Morgan fingerprint density at radius 3 is 2.53 bits per heavy atom. The molecule has 1 fully saturated rings. The monoisotopic (exact) mass is 465 g/mol. The van der Waals surface area contributed by atoms with E-state index in [9.17, 15) is 27.9 Å². The third kappa shape index (κ3) is 5.89. The predicted octanol–water partition coefficient (Wildman–Crippen LogP) is -0.970. The maximum Gasteiger partial charge on any atom is 1.00 e. The number of aromatic nitrogens is 1. The molecule has 10 nitrogen and oxygen atoms in total. The van der Waals surface area contributed by atoms with E-state index in [0.29, 0.717) is 30.1 Å². The zero-order chi connectivity index (χ0) is 21.2. The first-order valence-corrected chi connectivity index (χ1v) is 11.7. The van der Waals surface area contributed by atoms with Gasteiger partial charge in [0, 0.05) is 36.4 Å². The molecule has 0 amide bonds. The number of rotatable bonds is 8. The molecule has 13 heteroatoms. The fourth-order valence-electron chi connectivity index (χ4n) is 3.13. The Morgan fingerprint density at radius 2 is 1.93 bits per heavy atom. The fourth-order valence-corrected chi connectivity index (χ4v) is 5.02. The van der Waals surface area contributed by atoms with Crippen LogP contribution in [0.2, 0.25) is 0 Å². The molecule has 1 saturated heterocycles. The van der Waals surface area contributed by atoms with E-state index in [1.165, 1.54) is 12.1 Å². The summed E-state index contributed by atoms with van der Waals surface area (Å²) < 4.78 is 39.0. The number of hydrogen-bond acceptors (Lipinski definition) is 9. The molecule has 0 bridgehead atoms. The molecular weight excluding hydrogens is 445 g/mol. The van der Waals surface area contributed by atoms with Crippen LogP contribution in [-0.4, -0.2) is 47.2 Å². The van der Waals surface area contributed by atoms with E-state index in [4.69, 9.17) is 4.52 Å². The summed E-state index contributed by atoms with van der Waals surface area (Å²) >= 11 is 1.13. The van der Waals surface area contributed by atoms with Crippen LogP contribution in [0.1, 0.15) is 24.0 Å². The van der Waals surface area contributed by atoms with Crippen LogP contribution in [0.5, 0.6) is 0 Å². The van der Waals surface area contributed by atoms with Crippen LogP contribution in [0.25, 0.3) is 5.69 Å². The molecule has 30 heavy (non-hydrogen) atoms. The number of aryl methyl sites for hydroxylation is 1. The summed E-state index contributed by atoms with van der Waals surface area (Å²) in [5.74, 6) is -0.0248. The molecule has 1 aromatic carbocycles. The summed E-state index contributed by atoms with van der Waals surface area (Å²) in [7, 11) is -4.33. The van der Waals surface area contributed by atoms with Gasteiger partial charge in [-0.25, -0.2) is 8.42 Å². The average molecular weight is 465 g/mol. The Morgan fingerprint density at radius 1 is 1.27 bits per heavy atom. The molecule has 1 aliphatic heterocycles. The van der Waals surface area contributed by atoms with Crippen LogP contribution in [0.4, 0.5) is 11.6 Å². The third-order valence-corrected chi connectivity index (χ3v) is 6.49. The molecule has 0 saturated carbocycles. The van der Waals surface area contributed by atoms with Crippen LogP contribution >= 0.6 is 11.8 Å². The molecule has 0 aliphatic carbocycles. The van der Waals surface area contributed by atoms with Gasteiger partial charge >= 0.3 is 29.6 Å². The van der Waals surface area contributed by atoms with Gasteiger partial charge in [0.05, 0.1) is 20.6 Å². The second-order valence-corrected chi connectivity index (χ2v) is 9.36. The fraction of sp³-hybridized carbons (Fsp3) is 0.471. The van der Waals surface area contributed by atoms with E-state index < -0.39 is 26.4 Å². The van der Waals surface area contributed by atoms with Crippen LogP contribution in [0.15, 0.2) is 27.5 Å². The van der Waals surface area contributed by atoms with E-state index in [1.807, 2.05) is 4.90 Å². The molecule has 0 unspecified atom stereocenters. The van der Waals surface area contributed by atoms with Crippen LogP contribution < -0.4 is 40.0 Å². The van der Waals surface area contributed by atoms with Gasteiger partial charge < -0.3 is 14.0 Å². The molecule has 1 aromatic heterocycles. The van der Waals surface area contributed by atoms with Crippen molar-refractivity contribution in [1.82, 2.24) is 4.74 Å². The predicted molar refractivity (Wildman–Crippen MR) is 108 cm³/mol. The minimum Gasteiger partial charge on any atom is -0.748 e. The van der Waals surface area contributed by atoms with Crippen molar-refractivity contribution in [3.05, 3.63) is 49.8 Å². The Labute approximate surface area is 199 Å². The summed E-state index contributed by atoms with van der Waals surface area (Å²) in [6.07, 6.45) is 1.86. The van der Waals surface area contributed by atoms with Gasteiger partial charge in [-0.2, -0.15) is 11.8 Å². The van der Waals surface area contributed by atoms with Gasteiger partial charge in [0.2, 0.25) is 5.88 Å². The Balaban J connectivity index is 0.00000320. The Bertz CT molecular complexity index is 1080. The molecule has 0 radical (unpaired) electrons. The van der Waals surface area contributed by atoms with Crippen molar-refractivity contribution in [3.63, 3.8) is 0 Å². The zero-order valence-electron chi connectivity index (χ0n) is 16.7. The second kappa shape index (κ2) is 10.3. The number of benzene rings is 1. The van der Waals surface area contributed by atoms with Crippen molar-refractivity contribution in [3.8, 4) is 5.69 Å². The van der Waals surface area contributed by atoms with Gasteiger partial charge in [-0.1, -0.05) is 6.07 Å². The molecule has 2 heterocycles. The Hall–Kier alpha value is -1.31. The molecule has 0 N–H and O–H groups in total. The van der Waals surface area contributed by atoms with Crippen molar-refractivity contribution in [2.24, 2.45) is 0 Å². The van der Waals surface area contributed by atoms with Crippen molar-refractivity contribution in [2.45, 2.75) is 25.5 Å². The molecule has 0 spiro atoms. The molecule has 3 rings (SSSR count). The molecule has 1 aliphatic rings. The van der Waals surface area contributed by atoms with E-state index in [-0.39, 0.29) is 52.4 Å². The van der Waals surface area contributed by atoms with Gasteiger partial charge in [-0.05, 0) is 31.4 Å². The number of nitro benzene ring substituents is 1. The smallest absolute Gasteiger partial charge is 0.748 e. The van der Waals surface area contributed by atoms with E-state index in [2.05, 4.69) is 0 Å². The Kier molecular flexibility index (Phi) is 8.60. The third-order valence-electron chi connectivity index (χ3n) is 4.54. The van der Waals surface area contributed by atoms with Gasteiger partial charge in [0.1, 0.15) is 0 Å². The van der Waals surface area contributed by atoms with E-state index in [0.717, 1.165) is 29.3 Å². The maximum atomic E-state index is 13.0. The first kappa shape index (κ1) is 25.0.